The number of carbonyl (C=O) groups is 2. The van der Waals surface area contributed by atoms with Crippen LogP contribution in [0.3, 0.4) is 0 Å². The van der Waals surface area contributed by atoms with Gasteiger partial charge in [-0.3, -0.25) is 4.79 Å². The molecule has 76 valence electrons. The summed E-state index contributed by atoms with van der Waals surface area (Å²) in [6.45, 7) is 0.0680. The molecule has 0 aliphatic rings. The van der Waals surface area contributed by atoms with Gasteiger partial charge in [-0.15, -0.1) is 0 Å². The number of nitrogens with zero attached hydrogens (tertiary/aromatic N) is 2. The highest BCUT2D eigenvalue weighted by Crippen LogP contribution is 1.87. The van der Waals surface area contributed by atoms with E-state index in [1.54, 1.807) is 6.07 Å². The summed E-state index contributed by atoms with van der Waals surface area (Å²) in [5.74, 6) is -0.511. The summed E-state index contributed by atoms with van der Waals surface area (Å²) in [7, 11) is 1.23. The van der Waals surface area contributed by atoms with Gasteiger partial charge in [0.15, 0.2) is 5.78 Å². The molecule has 0 spiro atoms. The van der Waals surface area contributed by atoms with Crippen LogP contribution >= 0.6 is 0 Å². The van der Waals surface area contributed by atoms with Gasteiger partial charge < -0.3 is 15.9 Å². The number of carbonyl (C=O) groups excluding carboxylic acids is 2. The van der Waals surface area contributed by atoms with Crippen molar-refractivity contribution in [3.05, 3.63) is 0 Å². The molecule has 0 rings (SSSR count). The summed E-state index contributed by atoms with van der Waals surface area (Å²) in [5.41, 5.74) is 4.43. The van der Waals surface area contributed by atoms with E-state index in [0.29, 0.717) is 0 Å². The van der Waals surface area contributed by atoms with Crippen LogP contribution in [0.15, 0.2) is 5.16 Å². The van der Waals surface area contributed by atoms with Crippen molar-refractivity contribution in [1.29, 1.82) is 5.26 Å². The highest BCUT2D eigenvalue weighted by molar-refractivity contribution is 6.45. The normalized spacial score (nSPS) is 10.1. The molecule has 0 aromatic heterocycles. The van der Waals surface area contributed by atoms with Gasteiger partial charge in [0.05, 0.1) is 0 Å². The molecule has 3 N–H and O–H groups in total. The summed E-state index contributed by atoms with van der Waals surface area (Å²) >= 11 is 0. The summed E-state index contributed by atoms with van der Waals surface area (Å²) in [5, 5.41) is 13.9. The standard InChI is InChI=1S/C7H10N4O3/c1-14-11-5(4-8)6(12)2-3-10-7(9)13/h2-3H2,1H3,(H3,9,10,13)/b11-5+. The number of Topliss-reactive ketones (excluding diaryl/α,β-unsaturated/α-hetero) is 1. The van der Waals surface area contributed by atoms with Crippen molar-refractivity contribution in [2.75, 3.05) is 13.7 Å². The summed E-state index contributed by atoms with van der Waals surface area (Å²) in [4.78, 5) is 25.6. The quantitative estimate of drug-likeness (QED) is 0.441. The molecule has 0 radical (unpaired) electrons. The molecule has 0 saturated carbocycles. The van der Waals surface area contributed by atoms with Crippen LogP contribution < -0.4 is 11.1 Å². The number of amides is 2. The lowest BCUT2D eigenvalue weighted by molar-refractivity contribution is -0.112. The molecule has 7 nitrogen and oxygen atoms in total. The molecular formula is C7H10N4O3. The maximum Gasteiger partial charge on any atom is 0.312 e. The zero-order chi connectivity index (χ0) is 11.0. The summed E-state index contributed by atoms with van der Waals surface area (Å²) in [6.07, 6.45) is -0.0430. The number of oxime groups is 1. The van der Waals surface area contributed by atoms with Gasteiger partial charge in [-0.25, -0.2) is 4.79 Å². The maximum atomic E-state index is 11.1. The van der Waals surface area contributed by atoms with Crippen LogP contribution in [0.2, 0.25) is 0 Å². The zero-order valence-corrected chi connectivity index (χ0v) is 7.61. The molecule has 0 aromatic carbocycles. The fourth-order valence-corrected chi connectivity index (χ4v) is 0.643. The summed E-state index contributed by atoms with van der Waals surface area (Å²) < 4.78 is 0. The van der Waals surface area contributed by atoms with E-state index in [1.807, 2.05) is 0 Å². The minimum Gasteiger partial charge on any atom is -0.398 e. The fourth-order valence-electron chi connectivity index (χ4n) is 0.643. The number of nitrogens with one attached hydrogen (secondary N) is 1. The SMILES string of the molecule is CO/N=C(\C#N)C(=O)CCNC(N)=O. The Morgan fingerprint density at radius 2 is 2.29 bits per heavy atom. The van der Waals surface area contributed by atoms with Crippen molar-refractivity contribution in [3.63, 3.8) is 0 Å². The number of ketones is 1. The third-order valence-corrected chi connectivity index (χ3v) is 1.20. The molecule has 0 fully saturated rings. The Bertz CT molecular complexity index is 292. The first kappa shape index (κ1) is 11.9. The Hall–Kier alpha value is -2.10. The van der Waals surface area contributed by atoms with E-state index in [4.69, 9.17) is 11.0 Å². The Morgan fingerprint density at radius 1 is 1.64 bits per heavy atom. The monoisotopic (exact) mass is 198 g/mol. The van der Waals surface area contributed by atoms with Crippen LogP contribution in [0.5, 0.6) is 0 Å². The third-order valence-electron chi connectivity index (χ3n) is 1.20. The molecule has 0 aromatic rings. The second kappa shape index (κ2) is 6.42. The first-order chi connectivity index (χ1) is 6.61. The number of urea groups is 1. The highest BCUT2D eigenvalue weighted by Gasteiger charge is 2.11. The number of hydrogen-bond acceptors (Lipinski definition) is 5. The number of nitrogens with two attached hydrogens (primary N) is 1. The lowest BCUT2D eigenvalue weighted by atomic mass is 10.2. The molecule has 0 unspecified atom stereocenters. The van der Waals surface area contributed by atoms with E-state index >= 15 is 0 Å². The minimum absolute atomic E-state index is 0.0430. The van der Waals surface area contributed by atoms with Gasteiger partial charge in [0.2, 0.25) is 5.71 Å². The van der Waals surface area contributed by atoms with Crippen LogP contribution in [-0.4, -0.2) is 31.2 Å². The average Bonchev–Trinajstić information content (AvgIpc) is 2.13. The van der Waals surface area contributed by atoms with Crippen molar-refractivity contribution in [3.8, 4) is 6.07 Å². The van der Waals surface area contributed by atoms with Gasteiger partial charge in [-0.2, -0.15) is 5.26 Å². The van der Waals surface area contributed by atoms with Gasteiger partial charge in [0.25, 0.3) is 0 Å². The lowest BCUT2D eigenvalue weighted by Crippen LogP contribution is -2.32. The Balaban J connectivity index is 4.02. The molecule has 0 aliphatic heterocycles. The van der Waals surface area contributed by atoms with Gasteiger partial charge in [-0.1, -0.05) is 5.16 Å². The minimum atomic E-state index is -0.722. The second-order valence-electron chi connectivity index (χ2n) is 2.20. The number of rotatable bonds is 5. The molecule has 14 heavy (non-hydrogen) atoms. The zero-order valence-electron chi connectivity index (χ0n) is 7.61. The highest BCUT2D eigenvalue weighted by atomic mass is 16.6. The average molecular weight is 198 g/mol. The van der Waals surface area contributed by atoms with Crippen molar-refractivity contribution in [2.45, 2.75) is 6.42 Å². The number of hydrogen-bond donors (Lipinski definition) is 2. The van der Waals surface area contributed by atoms with Crippen molar-refractivity contribution in [1.82, 2.24) is 5.32 Å². The Kier molecular flexibility index (Phi) is 5.46. The van der Waals surface area contributed by atoms with E-state index in [0.717, 1.165) is 0 Å². The van der Waals surface area contributed by atoms with Gasteiger partial charge in [-0.05, 0) is 0 Å². The maximum absolute atomic E-state index is 11.1. The van der Waals surface area contributed by atoms with Crippen LogP contribution in [0, 0.1) is 11.3 Å². The van der Waals surface area contributed by atoms with E-state index in [1.165, 1.54) is 7.11 Å². The predicted molar refractivity (Wildman–Crippen MR) is 47.3 cm³/mol. The molecule has 0 aliphatic carbocycles. The molecule has 2 amide bonds. The second-order valence-corrected chi connectivity index (χ2v) is 2.20. The van der Waals surface area contributed by atoms with Crippen molar-refractivity contribution >= 4 is 17.5 Å². The summed E-state index contributed by atoms with van der Waals surface area (Å²) in [6, 6.07) is 0.850. The molecule has 0 atom stereocenters. The Morgan fingerprint density at radius 3 is 2.71 bits per heavy atom. The van der Waals surface area contributed by atoms with E-state index < -0.39 is 11.8 Å². The van der Waals surface area contributed by atoms with Crippen molar-refractivity contribution in [2.24, 2.45) is 10.9 Å². The van der Waals surface area contributed by atoms with E-state index in [2.05, 4.69) is 15.3 Å². The molecule has 0 saturated heterocycles. The van der Waals surface area contributed by atoms with Crippen LogP contribution in [-0.2, 0) is 9.63 Å². The predicted octanol–water partition coefficient (Wildman–Crippen LogP) is -0.860. The number of nitriles is 1. The smallest absolute Gasteiger partial charge is 0.312 e. The van der Waals surface area contributed by atoms with E-state index in [-0.39, 0.29) is 18.7 Å². The van der Waals surface area contributed by atoms with Gasteiger partial charge in [0, 0.05) is 13.0 Å². The largest absolute Gasteiger partial charge is 0.398 e. The molecule has 0 bridgehead atoms. The molecule has 7 heteroatoms. The van der Waals surface area contributed by atoms with Crippen LogP contribution in [0.25, 0.3) is 0 Å². The van der Waals surface area contributed by atoms with E-state index in [9.17, 15) is 9.59 Å². The first-order valence-electron chi connectivity index (χ1n) is 3.69. The molecule has 0 heterocycles. The fraction of sp³-hybridized carbons (Fsp3) is 0.429. The third kappa shape index (κ3) is 4.71. The Labute approximate surface area is 80.5 Å². The van der Waals surface area contributed by atoms with Crippen LogP contribution in [0.4, 0.5) is 4.79 Å². The number of primary amides is 1. The first-order valence-corrected chi connectivity index (χ1v) is 3.69. The van der Waals surface area contributed by atoms with Gasteiger partial charge in [0.1, 0.15) is 13.2 Å². The van der Waals surface area contributed by atoms with Gasteiger partial charge >= 0.3 is 6.03 Å². The topological polar surface area (TPSA) is 118 Å². The van der Waals surface area contributed by atoms with Crippen LogP contribution in [0.1, 0.15) is 6.42 Å². The van der Waals surface area contributed by atoms with Crippen molar-refractivity contribution < 1.29 is 14.4 Å². The lowest BCUT2D eigenvalue weighted by Gasteiger charge is -1.98. The molecular weight excluding hydrogens is 188 g/mol.